The third kappa shape index (κ3) is 2.92. The van der Waals surface area contributed by atoms with Gasteiger partial charge in [-0.1, -0.05) is 11.6 Å². The molecule has 0 bridgehead atoms. The summed E-state index contributed by atoms with van der Waals surface area (Å²) in [5.74, 6) is -0.431. The van der Waals surface area contributed by atoms with Gasteiger partial charge in [-0.05, 0) is 24.3 Å². The number of anilines is 1. The lowest BCUT2D eigenvalue weighted by Crippen LogP contribution is -2.40. The molecule has 1 rings (SSSR count). The molecule has 5 heteroatoms. The number of aliphatic hydroxyl groups excluding tert-OH is 1. The highest BCUT2D eigenvalue weighted by molar-refractivity contribution is 6.30. The average Bonchev–Trinajstić information content (AvgIpc) is 2.27. The maximum atomic E-state index is 11.5. The van der Waals surface area contributed by atoms with Crippen LogP contribution in [0.15, 0.2) is 24.3 Å². The van der Waals surface area contributed by atoms with Crippen molar-refractivity contribution >= 4 is 23.2 Å². The molecule has 1 aromatic rings. The van der Waals surface area contributed by atoms with E-state index in [-0.39, 0.29) is 6.54 Å². The third-order valence-corrected chi connectivity index (χ3v) is 2.30. The maximum absolute atomic E-state index is 11.5. The molecule has 0 heterocycles. The van der Waals surface area contributed by atoms with Crippen LogP contribution in [0.1, 0.15) is 0 Å². The van der Waals surface area contributed by atoms with Gasteiger partial charge in [-0.25, -0.2) is 0 Å². The molecule has 0 saturated carbocycles. The van der Waals surface area contributed by atoms with Crippen LogP contribution in [-0.2, 0) is 4.79 Å². The quantitative estimate of drug-likeness (QED) is 0.797. The fourth-order valence-corrected chi connectivity index (χ4v) is 1.24. The molecule has 1 atom stereocenters. The molecule has 82 valence electrons. The van der Waals surface area contributed by atoms with Crippen molar-refractivity contribution in [1.29, 1.82) is 0 Å². The van der Waals surface area contributed by atoms with Gasteiger partial charge in [-0.15, -0.1) is 0 Å². The molecule has 0 aliphatic carbocycles. The van der Waals surface area contributed by atoms with E-state index in [1.165, 1.54) is 4.90 Å². The van der Waals surface area contributed by atoms with Crippen molar-refractivity contribution in [3.8, 4) is 0 Å². The minimum Gasteiger partial charge on any atom is -0.382 e. The van der Waals surface area contributed by atoms with Gasteiger partial charge in [0.05, 0.1) is 0 Å². The molecule has 1 aromatic carbocycles. The van der Waals surface area contributed by atoms with E-state index in [1.807, 2.05) is 0 Å². The van der Waals surface area contributed by atoms with Crippen molar-refractivity contribution in [2.75, 3.05) is 18.5 Å². The van der Waals surface area contributed by atoms with Gasteiger partial charge in [0.15, 0.2) is 0 Å². The summed E-state index contributed by atoms with van der Waals surface area (Å²) in [6.07, 6.45) is -1.16. The van der Waals surface area contributed by atoms with Crippen LogP contribution in [0.3, 0.4) is 0 Å². The molecule has 0 aliphatic heterocycles. The largest absolute Gasteiger partial charge is 0.382 e. The van der Waals surface area contributed by atoms with Gasteiger partial charge >= 0.3 is 0 Å². The number of aliphatic hydroxyl groups is 1. The van der Waals surface area contributed by atoms with Crippen LogP contribution >= 0.6 is 11.6 Å². The zero-order valence-corrected chi connectivity index (χ0v) is 9.11. The molecule has 0 spiro atoms. The normalized spacial score (nSPS) is 12.3. The monoisotopic (exact) mass is 228 g/mol. The van der Waals surface area contributed by atoms with Crippen LogP contribution in [0.5, 0.6) is 0 Å². The Kier molecular flexibility index (Phi) is 4.08. The zero-order valence-electron chi connectivity index (χ0n) is 8.35. The third-order valence-electron chi connectivity index (χ3n) is 2.05. The highest BCUT2D eigenvalue weighted by Gasteiger charge is 2.18. The van der Waals surface area contributed by atoms with Crippen molar-refractivity contribution in [3.05, 3.63) is 29.3 Å². The van der Waals surface area contributed by atoms with Crippen LogP contribution in [-0.4, -0.2) is 30.7 Å². The predicted octanol–water partition coefficient (Wildman–Crippen LogP) is 0.622. The second-order valence-electron chi connectivity index (χ2n) is 3.13. The number of likely N-dealkylation sites (N-methyl/N-ethyl adjacent to an activating group) is 1. The minimum absolute atomic E-state index is 0.0865. The van der Waals surface area contributed by atoms with E-state index in [0.29, 0.717) is 10.7 Å². The molecule has 1 unspecified atom stereocenters. The van der Waals surface area contributed by atoms with Gasteiger partial charge < -0.3 is 15.7 Å². The zero-order chi connectivity index (χ0) is 11.4. The molecule has 0 saturated heterocycles. The molecule has 1 amide bonds. The van der Waals surface area contributed by atoms with Crippen molar-refractivity contribution in [1.82, 2.24) is 0 Å². The minimum atomic E-state index is -1.16. The summed E-state index contributed by atoms with van der Waals surface area (Å²) in [5.41, 5.74) is 5.86. The van der Waals surface area contributed by atoms with Crippen LogP contribution in [0, 0.1) is 0 Å². The van der Waals surface area contributed by atoms with Crippen LogP contribution < -0.4 is 10.6 Å². The first-order valence-corrected chi connectivity index (χ1v) is 4.85. The summed E-state index contributed by atoms with van der Waals surface area (Å²) < 4.78 is 0. The Balaban J connectivity index is 2.80. The van der Waals surface area contributed by atoms with E-state index in [1.54, 1.807) is 31.3 Å². The van der Waals surface area contributed by atoms with E-state index in [2.05, 4.69) is 0 Å². The van der Waals surface area contributed by atoms with Crippen LogP contribution in [0.25, 0.3) is 0 Å². The number of rotatable bonds is 3. The standard InChI is InChI=1S/C10H13ClN2O2/c1-13(10(15)9(14)6-12)8-4-2-7(11)3-5-8/h2-5,9,14H,6,12H2,1H3. The summed E-state index contributed by atoms with van der Waals surface area (Å²) >= 11 is 5.71. The van der Waals surface area contributed by atoms with Gasteiger partial charge in [0.1, 0.15) is 6.10 Å². The fraction of sp³-hybridized carbons (Fsp3) is 0.300. The van der Waals surface area contributed by atoms with Crippen LogP contribution in [0.4, 0.5) is 5.69 Å². The number of amides is 1. The predicted molar refractivity (Wildman–Crippen MR) is 59.9 cm³/mol. The average molecular weight is 229 g/mol. The number of hydrogen-bond donors (Lipinski definition) is 2. The van der Waals surface area contributed by atoms with Gasteiger partial charge in [-0.3, -0.25) is 4.79 Å². The number of hydrogen-bond acceptors (Lipinski definition) is 3. The van der Waals surface area contributed by atoms with Gasteiger partial charge in [-0.2, -0.15) is 0 Å². The van der Waals surface area contributed by atoms with E-state index in [0.717, 1.165) is 0 Å². The first-order valence-electron chi connectivity index (χ1n) is 4.47. The van der Waals surface area contributed by atoms with Crippen molar-refractivity contribution < 1.29 is 9.90 Å². The van der Waals surface area contributed by atoms with E-state index >= 15 is 0 Å². The summed E-state index contributed by atoms with van der Waals surface area (Å²) in [5, 5.41) is 9.87. The van der Waals surface area contributed by atoms with E-state index < -0.39 is 12.0 Å². The number of carbonyl (C=O) groups is 1. The second kappa shape index (κ2) is 5.11. The highest BCUT2D eigenvalue weighted by atomic mass is 35.5. The summed E-state index contributed by atoms with van der Waals surface area (Å²) in [7, 11) is 1.57. The molecule has 0 aliphatic rings. The summed E-state index contributed by atoms with van der Waals surface area (Å²) in [6.45, 7) is -0.0865. The first kappa shape index (κ1) is 12.0. The van der Waals surface area contributed by atoms with Gasteiger partial charge in [0, 0.05) is 24.3 Å². The second-order valence-corrected chi connectivity index (χ2v) is 3.56. The Labute approximate surface area is 93.2 Å². The molecule has 0 radical (unpaired) electrons. The Morgan fingerprint density at radius 1 is 1.53 bits per heavy atom. The maximum Gasteiger partial charge on any atom is 0.256 e. The molecule has 4 nitrogen and oxygen atoms in total. The summed E-state index contributed by atoms with van der Waals surface area (Å²) in [4.78, 5) is 12.9. The van der Waals surface area contributed by atoms with E-state index in [4.69, 9.17) is 17.3 Å². The number of carbonyl (C=O) groups excluding carboxylic acids is 1. The Morgan fingerprint density at radius 3 is 2.53 bits per heavy atom. The van der Waals surface area contributed by atoms with Crippen molar-refractivity contribution in [2.45, 2.75) is 6.10 Å². The van der Waals surface area contributed by atoms with Gasteiger partial charge in [0.25, 0.3) is 5.91 Å². The number of halogens is 1. The number of nitrogens with zero attached hydrogens (tertiary/aromatic N) is 1. The number of benzene rings is 1. The van der Waals surface area contributed by atoms with Gasteiger partial charge in [0.2, 0.25) is 0 Å². The molecule has 0 fully saturated rings. The van der Waals surface area contributed by atoms with Crippen molar-refractivity contribution in [3.63, 3.8) is 0 Å². The smallest absolute Gasteiger partial charge is 0.256 e. The molecule has 0 aromatic heterocycles. The lowest BCUT2D eigenvalue weighted by atomic mass is 10.2. The lowest BCUT2D eigenvalue weighted by molar-refractivity contribution is -0.125. The van der Waals surface area contributed by atoms with Crippen molar-refractivity contribution in [2.24, 2.45) is 5.73 Å². The van der Waals surface area contributed by atoms with Crippen LogP contribution in [0.2, 0.25) is 5.02 Å². The SMILES string of the molecule is CN(C(=O)C(O)CN)c1ccc(Cl)cc1. The number of nitrogens with two attached hydrogens (primary N) is 1. The van der Waals surface area contributed by atoms with E-state index in [9.17, 15) is 9.90 Å². The Bertz CT molecular complexity index is 340. The highest BCUT2D eigenvalue weighted by Crippen LogP contribution is 2.17. The Hall–Kier alpha value is -1.10. The lowest BCUT2D eigenvalue weighted by Gasteiger charge is -2.19. The summed E-state index contributed by atoms with van der Waals surface area (Å²) in [6, 6.07) is 6.75. The molecular formula is C10H13ClN2O2. The molecule has 3 N–H and O–H groups in total. The topological polar surface area (TPSA) is 66.6 Å². The molecular weight excluding hydrogens is 216 g/mol. The fourth-order valence-electron chi connectivity index (χ4n) is 1.12. The Morgan fingerprint density at radius 2 is 2.07 bits per heavy atom. The molecule has 15 heavy (non-hydrogen) atoms. The first-order chi connectivity index (χ1) is 7.06.